The van der Waals surface area contributed by atoms with Gasteiger partial charge in [0.05, 0.1) is 29.1 Å². The van der Waals surface area contributed by atoms with Gasteiger partial charge < -0.3 is 21.5 Å². The zero-order valence-electron chi connectivity index (χ0n) is 15.7. The van der Waals surface area contributed by atoms with Crippen LogP contribution in [0.4, 0.5) is 17.1 Å². The maximum Gasteiger partial charge on any atom is 0.196 e. The Hall–Kier alpha value is -3.64. The maximum absolute atomic E-state index is 13.2. The molecule has 146 valence electrons. The van der Waals surface area contributed by atoms with Gasteiger partial charge in [0.2, 0.25) is 0 Å². The fourth-order valence-corrected chi connectivity index (χ4v) is 3.59. The lowest BCUT2D eigenvalue weighted by atomic mass is 9.82. The largest absolute Gasteiger partial charge is 0.396 e. The molecule has 0 aromatic heterocycles. The number of fused-ring (bicyclic) bond motifs is 2. The van der Waals surface area contributed by atoms with Crippen molar-refractivity contribution >= 4 is 28.6 Å². The second-order valence-corrected chi connectivity index (χ2v) is 6.83. The minimum atomic E-state index is -0.275. The molecule has 0 saturated carbocycles. The summed E-state index contributed by atoms with van der Waals surface area (Å²) >= 11 is 0. The lowest BCUT2D eigenvalue weighted by molar-refractivity contribution is 0.0980. The molecule has 0 heterocycles. The quantitative estimate of drug-likeness (QED) is 0.379. The fourth-order valence-electron chi connectivity index (χ4n) is 3.59. The van der Waals surface area contributed by atoms with Crippen molar-refractivity contribution in [1.29, 1.82) is 0 Å². The van der Waals surface area contributed by atoms with Gasteiger partial charge in [-0.3, -0.25) is 9.59 Å². The number of aliphatic hydroxyl groups is 1. The first kappa shape index (κ1) is 18.7. The number of hydrogen-bond acceptors (Lipinski definition) is 6. The van der Waals surface area contributed by atoms with Crippen LogP contribution in [0.1, 0.15) is 37.4 Å². The first-order valence-corrected chi connectivity index (χ1v) is 9.39. The third kappa shape index (κ3) is 3.34. The molecule has 0 atom stereocenters. The molecule has 6 heteroatoms. The molecule has 0 unspecified atom stereocenters. The number of aliphatic hydroxyl groups excluding tert-OH is 1. The number of anilines is 3. The smallest absolute Gasteiger partial charge is 0.196 e. The number of carbonyl (C=O) groups excluding carboxylic acids is 2. The monoisotopic (exact) mass is 387 g/mol. The van der Waals surface area contributed by atoms with E-state index in [1.165, 1.54) is 0 Å². The van der Waals surface area contributed by atoms with Gasteiger partial charge in [-0.15, -0.1) is 0 Å². The van der Waals surface area contributed by atoms with Crippen molar-refractivity contribution in [3.63, 3.8) is 0 Å². The van der Waals surface area contributed by atoms with E-state index in [1.807, 2.05) is 30.3 Å². The number of carbonyl (C=O) groups is 2. The van der Waals surface area contributed by atoms with Crippen molar-refractivity contribution in [3.05, 3.63) is 88.5 Å². The first-order valence-electron chi connectivity index (χ1n) is 9.39. The van der Waals surface area contributed by atoms with E-state index in [0.29, 0.717) is 29.0 Å². The van der Waals surface area contributed by atoms with E-state index < -0.39 is 0 Å². The number of hydrogen-bond donors (Lipinski definition) is 4. The SMILES string of the molecule is Nc1c(NCc2ccccc2)cc(NCCO)c2c1C(=O)c1ccccc1C2=O. The van der Waals surface area contributed by atoms with Gasteiger partial charge in [-0.2, -0.15) is 0 Å². The molecular weight excluding hydrogens is 366 g/mol. The van der Waals surface area contributed by atoms with Crippen LogP contribution in [0.2, 0.25) is 0 Å². The average molecular weight is 387 g/mol. The molecule has 6 nitrogen and oxygen atoms in total. The molecule has 0 bridgehead atoms. The van der Waals surface area contributed by atoms with Crippen LogP contribution in [0.5, 0.6) is 0 Å². The topological polar surface area (TPSA) is 104 Å². The average Bonchev–Trinajstić information content (AvgIpc) is 2.76. The number of nitrogens with one attached hydrogen (secondary N) is 2. The first-order chi connectivity index (χ1) is 14.1. The fraction of sp³-hybridized carbons (Fsp3) is 0.130. The maximum atomic E-state index is 13.2. The summed E-state index contributed by atoms with van der Waals surface area (Å²) in [5.74, 6) is -0.528. The van der Waals surface area contributed by atoms with Gasteiger partial charge >= 0.3 is 0 Å². The summed E-state index contributed by atoms with van der Waals surface area (Å²) < 4.78 is 0. The third-order valence-corrected chi connectivity index (χ3v) is 4.99. The Balaban J connectivity index is 1.81. The van der Waals surface area contributed by atoms with Gasteiger partial charge in [0.15, 0.2) is 11.6 Å². The van der Waals surface area contributed by atoms with Crippen LogP contribution in [0, 0.1) is 0 Å². The molecule has 0 fully saturated rings. The summed E-state index contributed by atoms with van der Waals surface area (Å²) in [7, 11) is 0. The highest BCUT2D eigenvalue weighted by molar-refractivity contribution is 6.32. The van der Waals surface area contributed by atoms with Crippen LogP contribution in [0.25, 0.3) is 0 Å². The summed E-state index contributed by atoms with van der Waals surface area (Å²) in [6, 6.07) is 18.3. The van der Waals surface area contributed by atoms with Crippen LogP contribution in [0.3, 0.4) is 0 Å². The van der Waals surface area contributed by atoms with Crippen molar-refractivity contribution < 1.29 is 14.7 Å². The summed E-state index contributed by atoms with van der Waals surface area (Å²) in [4.78, 5) is 26.3. The van der Waals surface area contributed by atoms with E-state index in [0.717, 1.165) is 5.56 Å². The zero-order chi connectivity index (χ0) is 20.4. The molecule has 0 spiro atoms. The molecule has 0 amide bonds. The minimum Gasteiger partial charge on any atom is -0.396 e. The van der Waals surface area contributed by atoms with Crippen molar-refractivity contribution in [2.45, 2.75) is 6.54 Å². The summed E-state index contributed by atoms with van der Waals surface area (Å²) in [6.45, 7) is 0.657. The van der Waals surface area contributed by atoms with Crippen LogP contribution in [-0.2, 0) is 6.54 Å². The van der Waals surface area contributed by atoms with Gasteiger partial charge in [0.1, 0.15) is 0 Å². The summed E-state index contributed by atoms with van der Waals surface area (Å²) in [5, 5.41) is 15.5. The van der Waals surface area contributed by atoms with Crippen molar-refractivity contribution in [2.24, 2.45) is 0 Å². The second-order valence-electron chi connectivity index (χ2n) is 6.83. The Morgan fingerprint density at radius 3 is 2.07 bits per heavy atom. The van der Waals surface area contributed by atoms with Crippen molar-refractivity contribution in [2.75, 3.05) is 29.5 Å². The highest BCUT2D eigenvalue weighted by Gasteiger charge is 2.34. The van der Waals surface area contributed by atoms with Crippen LogP contribution in [-0.4, -0.2) is 29.8 Å². The minimum absolute atomic E-state index is 0.106. The summed E-state index contributed by atoms with van der Waals surface area (Å²) in [6.07, 6.45) is 0. The third-order valence-electron chi connectivity index (χ3n) is 4.99. The standard InChI is InChI=1S/C23H21N3O3/c24-21-18(26-13-14-6-2-1-3-7-14)12-17(25-10-11-27)19-20(21)23(29)16-9-5-4-8-15(16)22(19)28/h1-9,12,25-27H,10-11,13,24H2. The predicted octanol–water partition coefficient (Wildman–Crippen LogP) is 3.06. The molecule has 4 rings (SSSR count). The molecule has 1 aliphatic carbocycles. The number of nitrogens with two attached hydrogens (primary N) is 1. The molecule has 29 heavy (non-hydrogen) atoms. The van der Waals surface area contributed by atoms with Crippen LogP contribution >= 0.6 is 0 Å². The molecule has 0 radical (unpaired) electrons. The van der Waals surface area contributed by atoms with E-state index in [9.17, 15) is 14.7 Å². The Kier molecular flexibility index (Phi) is 5.01. The van der Waals surface area contributed by atoms with Gasteiger partial charge in [0, 0.05) is 29.9 Å². The van der Waals surface area contributed by atoms with E-state index in [4.69, 9.17) is 5.73 Å². The van der Waals surface area contributed by atoms with Gasteiger partial charge in [-0.1, -0.05) is 54.6 Å². The number of benzene rings is 3. The normalized spacial score (nSPS) is 12.3. The van der Waals surface area contributed by atoms with Crippen molar-refractivity contribution in [1.82, 2.24) is 0 Å². The number of nitrogen functional groups attached to an aromatic ring is 1. The van der Waals surface area contributed by atoms with Gasteiger partial charge in [-0.05, 0) is 11.6 Å². The molecule has 3 aromatic rings. The number of ketones is 2. The van der Waals surface area contributed by atoms with Crippen molar-refractivity contribution in [3.8, 4) is 0 Å². The predicted molar refractivity (Wildman–Crippen MR) is 114 cm³/mol. The lowest BCUT2D eigenvalue weighted by Crippen LogP contribution is -2.25. The second kappa shape index (κ2) is 7.77. The zero-order valence-corrected chi connectivity index (χ0v) is 15.7. The highest BCUT2D eigenvalue weighted by atomic mass is 16.3. The Bertz CT molecular complexity index is 1090. The molecule has 0 saturated heterocycles. The van der Waals surface area contributed by atoms with Gasteiger partial charge in [0.25, 0.3) is 0 Å². The molecule has 3 aromatic carbocycles. The molecular formula is C23H21N3O3. The van der Waals surface area contributed by atoms with E-state index in [-0.39, 0.29) is 41.5 Å². The molecule has 0 aliphatic heterocycles. The summed E-state index contributed by atoms with van der Waals surface area (Å²) in [5.41, 5.74) is 9.88. The Labute approximate surface area is 168 Å². The highest BCUT2D eigenvalue weighted by Crippen LogP contribution is 2.39. The Morgan fingerprint density at radius 1 is 0.793 bits per heavy atom. The molecule has 5 N–H and O–H groups in total. The van der Waals surface area contributed by atoms with E-state index in [1.54, 1.807) is 30.3 Å². The lowest BCUT2D eigenvalue weighted by Gasteiger charge is -2.24. The van der Waals surface area contributed by atoms with E-state index in [2.05, 4.69) is 10.6 Å². The molecule has 1 aliphatic rings. The van der Waals surface area contributed by atoms with E-state index >= 15 is 0 Å². The van der Waals surface area contributed by atoms with Crippen LogP contribution < -0.4 is 16.4 Å². The van der Waals surface area contributed by atoms with Crippen LogP contribution in [0.15, 0.2) is 60.7 Å². The number of rotatable bonds is 6. The van der Waals surface area contributed by atoms with Gasteiger partial charge in [-0.25, -0.2) is 0 Å². The Morgan fingerprint density at radius 2 is 1.41 bits per heavy atom.